The molecule has 17 heavy (non-hydrogen) atoms. The van der Waals surface area contributed by atoms with Crippen LogP contribution in [0.4, 0.5) is 0 Å². The van der Waals surface area contributed by atoms with Crippen LogP contribution in [0.15, 0.2) is 37.2 Å². The molecule has 1 N–H and O–H groups in total. The smallest absolute Gasteiger partial charge is 0.412 e. The first-order valence-corrected chi connectivity index (χ1v) is 13.5. The molecule has 98 valence electrons. The summed E-state index contributed by atoms with van der Waals surface area (Å²) in [5, 5.41) is 0. The predicted molar refractivity (Wildman–Crippen MR) is 80.5 cm³/mol. The highest BCUT2D eigenvalue weighted by molar-refractivity contribution is 6.89. The average Bonchev–Trinajstić information content (AvgIpc) is 2.16. The fourth-order valence-corrected chi connectivity index (χ4v) is 10.0. The van der Waals surface area contributed by atoms with E-state index in [0.29, 0.717) is 6.04 Å². The van der Waals surface area contributed by atoms with Crippen LogP contribution in [0.3, 0.4) is 0 Å². The van der Waals surface area contributed by atoms with E-state index in [9.17, 15) is 4.80 Å². The Balaban J connectivity index is 4.97. The molecular formula is C11H24O3Si3. The fraction of sp³-hybridized carbons (Fsp3) is 0.455. The van der Waals surface area contributed by atoms with E-state index in [4.69, 9.17) is 8.23 Å². The van der Waals surface area contributed by atoms with E-state index < -0.39 is 25.4 Å². The van der Waals surface area contributed by atoms with Crippen molar-refractivity contribution in [1.82, 2.24) is 0 Å². The maximum atomic E-state index is 10.5. The predicted octanol–water partition coefficient (Wildman–Crippen LogP) is 3.00. The second kappa shape index (κ2) is 6.08. The summed E-state index contributed by atoms with van der Waals surface area (Å²) < 4.78 is 11.7. The SMILES string of the molecule is C=CC[Si](O)(O[Si](C)(C)C=C)O[Si](C)(C)C=C. The van der Waals surface area contributed by atoms with Crippen LogP contribution >= 0.6 is 0 Å². The summed E-state index contributed by atoms with van der Waals surface area (Å²) in [7, 11) is -7.34. The third kappa shape index (κ3) is 6.30. The van der Waals surface area contributed by atoms with Crippen LogP contribution in [0.5, 0.6) is 0 Å². The summed E-state index contributed by atoms with van der Waals surface area (Å²) in [4.78, 5) is 10.5. The van der Waals surface area contributed by atoms with Gasteiger partial charge in [0.15, 0.2) is 0 Å². The van der Waals surface area contributed by atoms with Crippen molar-refractivity contribution in [1.29, 1.82) is 0 Å². The van der Waals surface area contributed by atoms with Gasteiger partial charge in [-0.25, -0.2) is 0 Å². The molecule has 0 aromatic carbocycles. The van der Waals surface area contributed by atoms with Crippen molar-refractivity contribution in [2.45, 2.75) is 32.2 Å². The molecule has 0 fully saturated rings. The minimum atomic E-state index is -3.20. The standard InChI is InChI=1S/C11H24O3Si3/c1-8-11-17(12,13-15(4,5)9-2)14-16(6,7)10-3/h8-10,12H,1-3,11H2,4-7H3. The van der Waals surface area contributed by atoms with Gasteiger partial charge in [0.05, 0.1) is 0 Å². The van der Waals surface area contributed by atoms with Crippen molar-refractivity contribution < 1.29 is 13.0 Å². The Morgan fingerprint density at radius 1 is 0.941 bits per heavy atom. The molecule has 0 aliphatic rings. The minimum absolute atomic E-state index is 0.363. The number of hydrogen-bond donors (Lipinski definition) is 1. The van der Waals surface area contributed by atoms with Gasteiger partial charge in [0.2, 0.25) is 16.6 Å². The quantitative estimate of drug-likeness (QED) is 0.551. The van der Waals surface area contributed by atoms with Gasteiger partial charge in [-0.3, -0.25) is 0 Å². The van der Waals surface area contributed by atoms with E-state index in [1.54, 1.807) is 17.5 Å². The Morgan fingerprint density at radius 3 is 1.53 bits per heavy atom. The molecule has 0 aliphatic heterocycles. The third-order valence-electron chi connectivity index (χ3n) is 2.23. The molecule has 6 heteroatoms. The van der Waals surface area contributed by atoms with Crippen LogP contribution < -0.4 is 0 Å². The largest absolute Gasteiger partial charge is 0.481 e. The van der Waals surface area contributed by atoms with Crippen LogP contribution in [0.1, 0.15) is 0 Å². The van der Waals surface area contributed by atoms with Gasteiger partial charge in [-0.05, 0) is 26.2 Å². The van der Waals surface area contributed by atoms with Gasteiger partial charge in [-0.2, -0.15) is 0 Å². The highest BCUT2D eigenvalue weighted by Gasteiger charge is 2.44. The molecule has 0 amide bonds. The Labute approximate surface area is 108 Å². The Bertz CT molecular complexity index is 278. The molecule has 0 radical (unpaired) electrons. The van der Waals surface area contributed by atoms with Crippen LogP contribution in [-0.2, 0) is 8.23 Å². The molecule has 0 spiro atoms. The first-order chi connectivity index (χ1) is 7.60. The summed E-state index contributed by atoms with van der Waals surface area (Å²) >= 11 is 0. The van der Waals surface area contributed by atoms with Crippen molar-refractivity contribution >= 4 is 25.4 Å². The summed E-state index contributed by atoms with van der Waals surface area (Å²) in [6.07, 6.45) is 1.65. The highest BCUT2D eigenvalue weighted by atomic mass is 28.5. The zero-order chi connectivity index (χ0) is 13.7. The van der Waals surface area contributed by atoms with Crippen LogP contribution in [0.2, 0.25) is 32.2 Å². The average molecular weight is 289 g/mol. The summed E-state index contributed by atoms with van der Waals surface area (Å²) in [6, 6.07) is 0.363. The maximum Gasteiger partial charge on any atom is 0.481 e. The van der Waals surface area contributed by atoms with Gasteiger partial charge in [0.25, 0.3) is 0 Å². The van der Waals surface area contributed by atoms with Gasteiger partial charge in [0.1, 0.15) is 0 Å². The second-order valence-corrected chi connectivity index (χ2v) is 15.7. The van der Waals surface area contributed by atoms with Crippen molar-refractivity contribution in [3.05, 3.63) is 37.2 Å². The molecule has 0 saturated carbocycles. The highest BCUT2D eigenvalue weighted by Crippen LogP contribution is 2.23. The lowest BCUT2D eigenvalue weighted by Crippen LogP contribution is -2.55. The maximum absolute atomic E-state index is 10.5. The lowest BCUT2D eigenvalue weighted by atomic mass is 10.8. The number of allylic oxidation sites excluding steroid dienone is 1. The van der Waals surface area contributed by atoms with Gasteiger partial charge in [-0.15, -0.1) is 19.7 Å². The molecule has 0 atom stereocenters. The van der Waals surface area contributed by atoms with E-state index in [0.717, 1.165) is 0 Å². The van der Waals surface area contributed by atoms with Crippen LogP contribution in [-0.4, -0.2) is 30.2 Å². The van der Waals surface area contributed by atoms with Crippen LogP contribution in [0.25, 0.3) is 0 Å². The molecule has 0 aromatic rings. The fourth-order valence-electron chi connectivity index (χ4n) is 1.19. The zero-order valence-corrected chi connectivity index (χ0v) is 14.3. The van der Waals surface area contributed by atoms with Crippen molar-refractivity contribution in [3.63, 3.8) is 0 Å². The van der Waals surface area contributed by atoms with Gasteiger partial charge in [-0.1, -0.05) is 17.5 Å². The molecule has 0 aliphatic carbocycles. The van der Waals surface area contributed by atoms with Crippen molar-refractivity contribution in [2.24, 2.45) is 0 Å². The van der Waals surface area contributed by atoms with Crippen molar-refractivity contribution in [2.75, 3.05) is 0 Å². The topological polar surface area (TPSA) is 38.7 Å². The van der Waals surface area contributed by atoms with E-state index in [1.165, 1.54) is 0 Å². The zero-order valence-electron chi connectivity index (χ0n) is 11.3. The minimum Gasteiger partial charge on any atom is -0.412 e. The molecule has 0 unspecified atom stereocenters. The van der Waals surface area contributed by atoms with Gasteiger partial charge < -0.3 is 13.0 Å². The third-order valence-corrected chi connectivity index (χ3v) is 11.8. The lowest BCUT2D eigenvalue weighted by Gasteiger charge is -2.35. The second-order valence-electron chi connectivity index (χ2n) is 5.02. The molecule has 0 bridgehead atoms. The number of hydrogen-bond acceptors (Lipinski definition) is 3. The lowest BCUT2D eigenvalue weighted by molar-refractivity contribution is 0.251. The van der Waals surface area contributed by atoms with E-state index in [1.807, 2.05) is 26.2 Å². The van der Waals surface area contributed by atoms with Gasteiger partial charge in [0, 0.05) is 6.04 Å². The van der Waals surface area contributed by atoms with Gasteiger partial charge >= 0.3 is 8.80 Å². The molecule has 0 aromatic heterocycles. The number of rotatable bonds is 8. The normalized spacial score (nSPS) is 13.2. The molecule has 3 nitrogen and oxygen atoms in total. The monoisotopic (exact) mass is 288 g/mol. The van der Waals surface area contributed by atoms with Crippen LogP contribution in [0, 0.1) is 0 Å². The molecule has 0 saturated heterocycles. The molecule has 0 heterocycles. The van der Waals surface area contributed by atoms with E-state index in [2.05, 4.69) is 19.7 Å². The summed E-state index contributed by atoms with van der Waals surface area (Å²) in [6.45, 7) is 19.1. The van der Waals surface area contributed by atoms with E-state index in [-0.39, 0.29) is 0 Å². The first kappa shape index (κ1) is 16.8. The van der Waals surface area contributed by atoms with Crippen molar-refractivity contribution in [3.8, 4) is 0 Å². The molecule has 0 rings (SSSR count). The Kier molecular flexibility index (Phi) is 5.99. The Morgan fingerprint density at radius 2 is 1.29 bits per heavy atom. The summed E-state index contributed by atoms with van der Waals surface area (Å²) in [5.41, 5.74) is 3.58. The molecular weight excluding hydrogens is 264 g/mol. The van der Waals surface area contributed by atoms with E-state index >= 15 is 0 Å². The first-order valence-electron chi connectivity index (χ1n) is 5.60. The Hall–Kier alpha value is -0.249. The summed E-state index contributed by atoms with van der Waals surface area (Å²) in [5.74, 6) is 0.